The minimum Gasteiger partial charge on any atom is -0.434 e. The number of thioether (sulfide) groups is 1. The fourth-order valence-corrected chi connectivity index (χ4v) is 3.68. The molecule has 0 aliphatic carbocycles. The number of aliphatic hydroxyl groups excluding tert-OH is 1. The van der Waals surface area contributed by atoms with Crippen molar-refractivity contribution in [1.82, 2.24) is 4.90 Å². The Balaban J connectivity index is 2.18. The second-order valence-corrected chi connectivity index (χ2v) is 6.18. The third kappa shape index (κ3) is 2.94. The smallest absolute Gasteiger partial charge is 0.357 e. The maximum atomic E-state index is 12.2. The van der Waals surface area contributed by atoms with Gasteiger partial charge in [-0.1, -0.05) is 0 Å². The van der Waals surface area contributed by atoms with Gasteiger partial charge in [-0.3, -0.25) is 4.79 Å². The number of hydrogen-bond acceptors (Lipinski definition) is 7. The summed E-state index contributed by atoms with van der Waals surface area (Å²) < 4.78 is 9.68. The van der Waals surface area contributed by atoms with E-state index >= 15 is 0 Å². The highest BCUT2D eigenvalue weighted by molar-refractivity contribution is 8.03. The van der Waals surface area contributed by atoms with Gasteiger partial charge in [-0.05, 0) is 6.92 Å². The normalized spacial score (nSPS) is 25.7. The summed E-state index contributed by atoms with van der Waals surface area (Å²) in [5.74, 6) is -0.602. The Labute approximate surface area is 127 Å². The summed E-state index contributed by atoms with van der Waals surface area (Å²) in [6, 6.07) is -0.164. The molecular weight excluding hydrogens is 296 g/mol. The van der Waals surface area contributed by atoms with Gasteiger partial charge in [0.05, 0.1) is 18.1 Å². The number of nitrogens with zero attached hydrogens (tertiary/aromatic N) is 1. The highest BCUT2D eigenvalue weighted by Gasteiger charge is 2.56. The van der Waals surface area contributed by atoms with Crippen molar-refractivity contribution in [2.24, 2.45) is 11.7 Å². The van der Waals surface area contributed by atoms with Crippen LogP contribution >= 0.6 is 11.8 Å². The van der Waals surface area contributed by atoms with Crippen LogP contribution in [-0.4, -0.2) is 60.2 Å². The van der Waals surface area contributed by atoms with Crippen molar-refractivity contribution in [3.63, 3.8) is 0 Å². The van der Waals surface area contributed by atoms with Gasteiger partial charge in [-0.25, -0.2) is 4.79 Å². The molecule has 1 fully saturated rings. The number of β-lactam (4-membered cyclic amide) rings is 1. The number of hydrogen-bond donors (Lipinski definition) is 2. The third-order valence-electron chi connectivity index (χ3n) is 3.58. The first-order valence-corrected chi connectivity index (χ1v) is 7.74. The molecule has 0 saturated carbocycles. The number of amides is 1. The van der Waals surface area contributed by atoms with E-state index in [0.717, 1.165) is 4.91 Å². The Morgan fingerprint density at radius 2 is 2.33 bits per heavy atom. The molecule has 118 valence electrons. The topological polar surface area (TPSA) is 102 Å². The van der Waals surface area contributed by atoms with E-state index in [2.05, 4.69) is 0 Å². The van der Waals surface area contributed by atoms with Gasteiger partial charge in [0.15, 0.2) is 6.79 Å². The first-order chi connectivity index (χ1) is 10.0. The summed E-state index contributed by atoms with van der Waals surface area (Å²) in [5.41, 5.74) is 5.77. The summed E-state index contributed by atoms with van der Waals surface area (Å²) in [6.45, 7) is 1.91. The van der Waals surface area contributed by atoms with Crippen LogP contribution in [0.25, 0.3) is 0 Å². The number of aliphatic hydroxyl groups is 1. The lowest BCUT2D eigenvalue weighted by molar-refractivity contribution is -0.165. The fourth-order valence-electron chi connectivity index (χ4n) is 2.71. The number of rotatable bonds is 7. The molecule has 0 radical (unpaired) electrons. The van der Waals surface area contributed by atoms with E-state index in [1.807, 2.05) is 0 Å². The molecule has 2 aliphatic rings. The van der Waals surface area contributed by atoms with Crippen molar-refractivity contribution in [3.8, 4) is 0 Å². The van der Waals surface area contributed by atoms with E-state index in [9.17, 15) is 14.7 Å². The molecule has 1 amide bonds. The zero-order valence-corrected chi connectivity index (χ0v) is 12.9. The fraction of sp³-hybridized carbons (Fsp3) is 0.692. The molecule has 0 bridgehead atoms. The van der Waals surface area contributed by atoms with Crippen LogP contribution in [0.3, 0.4) is 0 Å². The van der Waals surface area contributed by atoms with Gasteiger partial charge in [0, 0.05) is 30.7 Å². The molecule has 1 saturated heterocycles. The molecule has 0 aromatic heterocycles. The molecule has 8 heteroatoms. The number of methoxy groups -OCH3 is 1. The molecule has 0 spiro atoms. The first kappa shape index (κ1) is 16.3. The third-order valence-corrected chi connectivity index (χ3v) is 4.73. The molecule has 0 unspecified atom stereocenters. The van der Waals surface area contributed by atoms with Gasteiger partial charge in [-0.15, -0.1) is 11.8 Å². The zero-order valence-electron chi connectivity index (χ0n) is 12.1. The monoisotopic (exact) mass is 316 g/mol. The number of carbonyl (C=O) groups excluding carboxylic acids is 2. The molecule has 0 aromatic rings. The minimum absolute atomic E-state index is 0.163. The molecule has 0 aromatic carbocycles. The van der Waals surface area contributed by atoms with E-state index in [-0.39, 0.29) is 24.4 Å². The molecule has 21 heavy (non-hydrogen) atoms. The minimum atomic E-state index is -0.728. The quantitative estimate of drug-likeness (QED) is 0.376. The van der Waals surface area contributed by atoms with Crippen LogP contribution < -0.4 is 5.73 Å². The van der Waals surface area contributed by atoms with Crippen LogP contribution in [0.4, 0.5) is 0 Å². The van der Waals surface area contributed by atoms with Crippen molar-refractivity contribution in [3.05, 3.63) is 10.6 Å². The van der Waals surface area contributed by atoms with Gasteiger partial charge in [-0.2, -0.15) is 0 Å². The second-order valence-electron chi connectivity index (χ2n) is 4.99. The Morgan fingerprint density at radius 3 is 2.90 bits per heavy atom. The van der Waals surface area contributed by atoms with Crippen LogP contribution in [0.2, 0.25) is 0 Å². The van der Waals surface area contributed by atoms with Gasteiger partial charge in [0.25, 0.3) is 0 Å². The number of nitrogens with two attached hydrogens (primary N) is 1. The van der Waals surface area contributed by atoms with Gasteiger partial charge < -0.3 is 25.2 Å². The van der Waals surface area contributed by atoms with E-state index < -0.39 is 18.0 Å². The van der Waals surface area contributed by atoms with Crippen molar-refractivity contribution in [2.75, 3.05) is 26.2 Å². The molecule has 2 aliphatic heterocycles. The Kier molecular flexibility index (Phi) is 5.26. The average Bonchev–Trinajstić information content (AvgIpc) is 2.76. The van der Waals surface area contributed by atoms with E-state index in [0.29, 0.717) is 18.7 Å². The largest absolute Gasteiger partial charge is 0.434 e. The molecule has 3 atom stereocenters. The maximum absolute atomic E-state index is 12.2. The van der Waals surface area contributed by atoms with Crippen LogP contribution in [0.5, 0.6) is 0 Å². The average molecular weight is 316 g/mol. The van der Waals surface area contributed by atoms with Crippen LogP contribution in [0, 0.1) is 5.92 Å². The summed E-state index contributed by atoms with van der Waals surface area (Å²) in [5, 5.41) is 9.69. The molecule has 2 rings (SSSR count). The number of carbonyl (C=O) groups is 2. The summed E-state index contributed by atoms with van der Waals surface area (Å²) in [6.07, 6.45) is -0.169. The van der Waals surface area contributed by atoms with E-state index in [1.165, 1.54) is 23.8 Å². The lowest BCUT2D eigenvalue weighted by atomic mass is 9.83. The van der Waals surface area contributed by atoms with E-state index in [4.69, 9.17) is 15.2 Å². The van der Waals surface area contributed by atoms with Crippen LogP contribution in [0.1, 0.15) is 13.3 Å². The highest BCUT2D eigenvalue weighted by atomic mass is 32.2. The molecule has 2 heterocycles. The lowest BCUT2D eigenvalue weighted by Crippen LogP contribution is -2.61. The summed E-state index contributed by atoms with van der Waals surface area (Å²) in [4.78, 5) is 26.5. The number of fused-ring (bicyclic) bond motifs is 1. The number of esters is 1. The molecular formula is C13H20N2O5S. The molecule has 7 nitrogen and oxygen atoms in total. The predicted molar refractivity (Wildman–Crippen MR) is 76.9 cm³/mol. The Bertz CT molecular complexity index is 465. The van der Waals surface area contributed by atoms with E-state index in [1.54, 1.807) is 6.92 Å². The van der Waals surface area contributed by atoms with Gasteiger partial charge in [0.2, 0.25) is 5.91 Å². The van der Waals surface area contributed by atoms with Crippen molar-refractivity contribution in [1.29, 1.82) is 0 Å². The lowest BCUT2D eigenvalue weighted by Gasteiger charge is -2.44. The van der Waals surface area contributed by atoms with Gasteiger partial charge in [0.1, 0.15) is 5.70 Å². The Morgan fingerprint density at radius 1 is 1.62 bits per heavy atom. The maximum Gasteiger partial charge on any atom is 0.357 e. The standard InChI is InChI=1S/C13H20N2O5S/c1-7(16)10-8-5-9(21-4-3-14)11(15(8)12(10)17)13(18)20-6-19-2/h7-8,10,16H,3-6,14H2,1-2H3/t7-,8-,10-/m1/s1. The number of ether oxygens (including phenoxy) is 2. The summed E-state index contributed by atoms with van der Waals surface area (Å²) in [7, 11) is 1.42. The SMILES string of the molecule is COCOC(=O)C1=C(SCCN)C[C@@H]2[C@@H]([C@@H](C)O)C(=O)N12. The van der Waals surface area contributed by atoms with Gasteiger partial charge >= 0.3 is 5.97 Å². The predicted octanol–water partition coefficient (Wildman–Crippen LogP) is -0.351. The highest BCUT2D eigenvalue weighted by Crippen LogP contribution is 2.47. The van der Waals surface area contributed by atoms with Crippen molar-refractivity contribution >= 4 is 23.6 Å². The second kappa shape index (κ2) is 6.78. The van der Waals surface area contributed by atoms with Crippen molar-refractivity contribution in [2.45, 2.75) is 25.5 Å². The first-order valence-electron chi connectivity index (χ1n) is 6.76. The summed E-state index contributed by atoms with van der Waals surface area (Å²) >= 11 is 1.45. The van der Waals surface area contributed by atoms with Crippen LogP contribution in [0.15, 0.2) is 10.6 Å². The van der Waals surface area contributed by atoms with Crippen molar-refractivity contribution < 1.29 is 24.2 Å². The zero-order chi connectivity index (χ0) is 15.6. The van der Waals surface area contributed by atoms with Crippen LogP contribution in [-0.2, 0) is 19.1 Å². The molecule has 3 N–H and O–H groups in total. The Hall–Kier alpha value is -1.09.